The van der Waals surface area contributed by atoms with E-state index in [1.165, 1.54) is 24.3 Å². The van der Waals surface area contributed by atoms with Crippen LogP contribution in [0.15, 0.2) is 0 Å². The summed E-state index contributed by atoms with van der Waals surface area (Å²) >= 11 is 2.04. The Morgan fingerprint density at radius 3 is 2.84 bits per heavy atom. The zero-order chi connectivity index (χ0) is 13.9. The molecule has 2 rings (SSSR count). The predicted octanol–water partition coefficient (Wildman–Crippen LogP) is 2.34. The molecule has 2 heterocycles. The number of amides is 1. The fraction of sp³-hybridized carbons (Fsp3) is 0.929. The van der Waals surface area contributed by atoms with E-state index < -0.39 is 5.60 Å². The molecule has 110 valence electrons. The van der Waals surface area contributed by atoms with Crippen LogP contribution in [-0.4, -0.2) is 53.8 Å². The van der Waals surface area contributed by atoms with Crippen LogP contribution in [0.5, 0.6) is 0 Å². The predicted molar refractivity (Wildman–Crippen MR) is 79.6 cm³/mol. The summed E-state index contributed by atoms with van der Waals surface area (Å²) in [7, 11) is 0. The first-order valence-corrected chi connectivity index (χ1v) is 8.40. The van der Waals surface area contributed by atoms with E-state index >= 15 is 0 Å². The van der Waals surface area contributed by atoms with Gasteiger partial charge in [0.25, 0.3) is 0 Å². The van der Waals surface area contributed by atoms with Gasteiger partial charge in [-0.1, -0.05) is 0 Å². The van der Waals surface area contributed by atoms with Crippen molar-refractivity contribution in [3.63, 3.8) is 0 Å². The molecule has 0 aromatic rings. The number of thioether (sulfide) groups is 1. The third kappa shape index (κ3) is 4.56. The van der Waals surface area contributed by atoms with Crippen molar-refractivity contribution < 1.29 is 9.53 Å². The molecule has 4 nitrogen and oxygen atoms in total. The number of ether oxygens (including phenoxy) is 1. The smallest absolute Gasteiger partial charge is 0.410 e. The van der Waals surface area contributed by atoms with Gasteiger partial charge in [-0.3, -0.25) is 0 Å². The summed E-state index contributed by atoms with van der Waals surface area (Å²) in [5, 5.41) is 3.57. The van der Waals surface area contributed by atoms with Crippen molar-refractivity contribution in [2.75, 3.05) is 31.1 Å². The first-order valence-electron chi connectivity index (χ1n) is 7.25. The molecule has 1 N–H and O–H groups in total. The fourth-order valence-electron chi connectivity index (χ4n) is 2.67. The van der Waals surface area contributed by atoms with E-state index in [0.29, 0.717) is 12.0 Å². The molecule has 0 aromatic heterocycles. The Hall–Kier alpha value is -0.420. The lowest BCUT2D eigenvalue weighted by Gasteiger charge is -2.39. The van der Waals surface area contributed by atoms with Crippen LogP contribution >= 0.6 is 11.8 Å². The summed E-state index contributed by atoms with van der Waals surface area (Å²) in [6.45, 7) is 8.18. The molecule has 2 saturated heterocycles. The Balaban J connectivity index is 1.87. The second kappa shape index (κ2) is 6.35. The van der Waals surface area contributed by atoms with Crippen LogP contribution in [0.1, 0.15) is 33.6 Å². The normalized spacial score (nSPS) is 29.1. The highest BCUT2D eigenvalue weighted by Gasteiger charge is 2.32. The van der Waals surface area contributed by atoms with Crippen LogP contribution in [0.3, 0.4) is 0 Å². The summed E-state index contributed by atoms with van der Waals surface area (Å²) in [5.41, 5.74) is -0.405. The number of carbonyl (C=O) groups excluding carboxylic acids is 1. The monoisotopic (exact) mass is 286 g/mol. The van der Waals surface area contributed by atoms with Gasteiger partial charge in [-0.05, 0) is 51.0 Å². The maximum Gasteiger partial charge on any atom is 0.410 e. The first kappa shape index (κ1) is 15.0. The van der Waals surface area contributed by atoms with Crippen LogP contribution in [0, 0.1) is 5.92 Å². The van der Waals surface area contributed by atoms with Gasteiger partial charge < -0.3 is 15.0 Å². The summed E-state index contributed by atoms with van der Waals surface area (Å²) < 4.78 is 5.47. The second-order valence-electron chi connectivity index (χ2n) is 6.46. The minimum Gasteiger partial charge on any atom is -0.444 e. The quantitative estimate of drug-likeness (QED) is 0.803. The zero-order valence-electron chi connectivity index (χ0n) is 12.3. The molecule has 0 saturated carbocycles. The minimum absolute atomic E-state index is 0.164. The van der Waals surface area contributed by atoms with Crippen LogP contribution < -0.4 is 5.32 Å². The summed E-state index contributed by atoms with van der Waals surface area (Å²) in [5.74, 6) is 3.21. The minimum atomic E-state index is -0.405. The maximum absolute atomic E-state index is 12.1. The lowest BCUT2D eigenvalue weighted by Crippen LogP contribution is -2.56. The Kier molecular flexibility index (Phi) is 5.01. The lowest BCUT2D eigenvalue weighted by atomic mass is 9.94. The molecule has 2 unspecified atom stereocenters. The van der Waals surface area contributed by atoms with Crippen molar-refractivity contribution in [1.29, 1.82) is 0 Å². The van der Waals surface area contributed by atoms with E-state index in [1.54, 1.807) is 0 Å². The summed E-state index contributed by atoms with van der Waals surface area (Å²) in [4.78, 5) is 14.0. The van der Waals surface area contributed by atoms with Crippen molar-refractivity contribution in [2.45, 2.75) is 45.3 Å². The molecule has 0 radical (unpaired) electrons. The zero-order valence-corrected chi connectivity index (χ0v) is 13.1. The van der Waals surface area contributed by atoms with E-state index in [9.17, 15) is 4.79 Å². The van der Waals surface area contributed by atoms with Crippen molar-refractivity contribution in [3.8, 4) is 0 Å². The van der Waals surface area contributed by atoms with Gasteiger partial charge in [0.2, 0.25) is 0 Å². The van der Waals surface area contributed by atoms with Crippen molar-refractivity contribution >= 4 is 17.9 Å². The van der Waals surface area contributed by atoms with Gasteiger partial charge in [0.15, 0.2) is 0 Å². The number of piperazine rings is 1. The Bertz CT molecular complexity index is 311. The Morgan fingerprint density at radius 2 is 2.21 bits per heavy atom. The summed E-state index contributed by atoms with van der Waals surface area (Å²) in [6.07, 6.45) is 2.43. The highest BCUT2D eigenvalue weighted by molar-refractivity contribution is 7.99. The Morgan fingerprint density at radius 1 is 1.42 bits per heavy atom. The van der Waals surface area contributed by atoms with Crippen molar-refractivity contribution in [1.82, 2.24) is 10.2 Å². The average Bonchev–Trinajstić information content (AvgIpc) is 2.38. The highest BCUT2D eigenvalue weighted by atomic mass is 32.2. The van der Waals surface area contributed by atoms with Crippen LogP contribution in [0.4, 0.5) is 4.79 Å². The third-order valence-electron chi connectivity index (χ3n) is 3.62. The molecule has 5 heteroatoms. The molecule has 19 heavy (non-hydrogen) atoms. The molecule has 0 aliphatic carbocycles. The topological polar surface area (TPSA) is 41.6 Å². The first-order chi connectivity index (χ1) is 8.96. The van der Waals surface area contributed by atoms with E-state index in [-0.39, 0.29) is 6.09 Å². The number of carbonyl (C=O) groups is 1. The Labute approximate surface area is 120 Å². The van der Waals surface area contributed by atoms with Gasteiger partial charge in [0.1, 0.15) is 5.60 Å². The largest absolute Gasteiger partial charge is 0.444 e. The van der Waals surface area contributed by atoms with Gasteiger partial charge >= 0.3 is 6.09 Å². The van der Waals surface area contributed by atoms with E-state index in [4.69, 9.17) is 4.74 Å². The van der Waals surface area contributed by atoms with Crippen molar-refractivity contribution in [2.24, 2.45) is 5.92 Å². The van der Waals surface area contributed by atoms with Crippen LogP contribution in [0.25, 0.3) is 0 Å². The van der Waals surface area contributed by atoms with Gasteiger partial charge in [0, 0.05) is 25.7 Å². The number of nitrogens with one attached hydrogen (secondary N) is 1. The molecular formula is C14H26N2O2S. The van der Waals surface area contributed by atoms with Gasteiger partial charge in [-0.2, -0.15) is 11.8 Å². The lowest BCUT2D eigenvalue weighted by molar-refractivity contribution is 0.0174. The molecular weight excluding hydrogens is 260 g/mol. The highest BCUT2D eigenvalue weighted by Crippen LogP contribution is 2.26. The number of hydrogen-bond donors (Lipinski definition) is 1. The molecule has 2 fully saturated rings. The van der Waals surface area contributed by atoms with Gasteiger partial charge in [-0.15, -0.1) is 0 Å². The van der Waals surface area contributed by atoms with E-state index in [2.05, 4.69) is 5.32 Å². The number of hydrogen-bond acceptors (Lipinski definition) is 4. The maximum atomic E-state index is 12.1. The molecule has 2 atom stereocenters. The van der Waals surface area contributed by atoms with E-state index in [1.807, 2.05) is 37.4 Å². The molecule has 1 amide bonds. The molecule has 2 aliphatic heterocycles. The number of nitrogens with zero attached hydrogens (tertiary/aromatic N) is 1. The SMILES string of the molecule is CC(C)(C)OC(=O)N1CCNC(C2CCCSC2)C1. The van der Waals surface area contributed by atoms with Gasteiger partial charge in [-0.25, -0.2) is 4.79 Å². The standard InChI is InChI=1S/C14H26N2O2S/c1-14(2,3)18-13(17)16-7-6-15-12(9-16)11-5-4-8-19-10-11/h11-12,15H,4-10H2,1-3H3. The third-order valence-corrected chi connectivity index (χ3v) is 4.86. The summed E-state index contributed by atoms with van der Waals surface area (Å²) in [6, 6.07) is 0.439. The molecule has 0 aromatic carbocycles. The average molecular weight is 286 g/mol. The van der Waals surface area contributed by atoms with Crippen molar-refractivity contribution in [3.05, 3.63) is 0 Å². The fourth-order valence-corrected chi connectivity index (χ4v) is 3.91. The molecule has 0 bridgehead atoms. The van der Waals surface area contributed by atoms with Gasteiger partial charge in [0.05, 0.1) is 0 Å². The van der Waals surface area contributed by atoms with Crippen LogP contribution in [0.2, 0.25) is 0 Å². The van der Waals surface area contributed by atoms with Crippen LogP contribution in [-0.2, 0) is 4.74 Å². The second-order valence-corrected chi connectivity index (χ2v) is 7.61. The van der Waals surface area contributed by atoms with E-state index in [0.717, 1.165) is 19.6 Å². The number of rotatable bonds is 1. The molecule has 2 aliphatic rings. The molecule has 0 spiro atoms.